The number of rotatable bonds is 6. The van der Waals surface area contributed by atoms with Gasteiger partial charge in [0.05, 0.1) is 13.7 Å². The molecule has 1 aromatic heterocycles. The number of nitrogens with one attached hydrogen (secondary N) is 1. The molecule has 7 nitrogen and oxygen atoms in total. The third-order valence-electron chi connectivity index (χ3n) is 2.76. The Hall–Kier alpha value is -2.19. The van der Waals surface area contributed by atoms with Crippen LogP contribution >= 0.6 is 0 Å². The first-order valence-corrected chi connectivity index (χ1v) is 7.68. The third-order valence-corrected chi connectivity index (χ3v) is 4.26. The summed E-state index contributed by atoms with van der Waals surface area (Å²) < 4.78 is 33.0. The van der Waals surface area contributed by atoms with Crippen molar-refractivity contribution in [2.45, 2.75) is 11.4 Å². The minimum atomic E-state index is -3.70. The van der Waals surface area contributed by atoms with Gasteiger partial charge in [0.25, 0.3) is 5.56 Å². The van der Waals surface area contributed by atoms with Gasteiger partial charge in [0, 0.05) is 18.8 Å². The zero-order valence-electron chi connectivity index (χ0n) is 11.4. The first-order valence-electron chi connectivity index (χ1n) is 6.19. The number of benzene rings is 1. The molecule has 0 aliphatic heterocycles. The SMILES string of the molecule is COc1ccccc1S(=O)(=O)NCCn1ncccc1=O. The van der Waals surface area contributed by atoms with Crippen LogP contribution in [-0.2, 0) is 16.6 Å². The fourth-order valence-electron chi connectivity index (χ4n) is 1.76. The molecule has 0 radical (unpaired) electrons. The molecule has 0 saturated heterocycles. The van der Waals surface area contributed by atoms with Crippen molar-refractivity contribution < 1.29 is 13.2 Å². The second-order valence-corrected chi connectivity index (χ2v) is 5.87. The van der Waals surface area contributed by atoms with E-state index in [9.17, 15) is 13.2 Å². The van der Waals surface area contributed by atoms with Crippen LogP contribution in [-0.4, -0.2) is 31.9 Å². The normalized spacial score (nSPS) is 11.3. The molecule has 0 amide bonds. The van der Waals surface area contributed by atoms with Gasteiger partial charge in [0.2, 0.25) is 10.0 Å². The quantitative estimate of drug-likeness (QED) is 0.825. The maximum atomic E-state index is 12.2. The zero-order valence-corrected chi connectivity index (χ0v) is 12.2. The summed E-state index contributed by atoms with van der Waals surface area (Å²) in [5, 5.41) is 3.85. The Morgan fingerprint density at radius 1 is 1.24 bits per heavy atom. The van der Waals surface area contributed by atoms with Crippen LogP contribution in [0.2, 0.25) is 0 Å². The van der Waals surface area contributed by atoms with Gasteiger partial charge in [-0.2, -0.15) is 5.10 Å². The summed E-state index contributed by atoms with van der Waals surface area (Å²) in [6, 6.07) is 9.21. The van der Waals surface area contributed by atoms with Gasteiger partial charge in [-0.15, -0.1) is 0 Å². The summed E-state index contributed by atoms with van der Waals surface area (Å²) >= 11 is 0. The van der Waals surface area contributed by atoms with Gasteiger partial charge in [0.15, 0.2) is 0 Å². The molecule has 1 heterocycles. The van der Waals surface area contributed by atoms with E-state index in [0.29, 0.717) is 0 Å². The molecular formula is C13H15N3O4S. The number of ether oxygens (including phenoxy) is 1. The highest BCUT2D eigenvalue weighted by molar-refractivity contribution is 7.89. The molecule has 8 heteroatoms. The standard InChI is InChI=1S/C13H15N3O4S/c1-20-11-5-2-3-6-12(11)21(18,19)15-9-10-16-13(17)7-4-8-14-16/h2-8,15H,9-10H2,1H3. The lowest BCUT2D eigenvalue weighted by atomic mass is 10.3. The molecule has 2 aromatic rings. The maximum absolute atomic E-state index is 12.2. The second kappa shape index (κ2) is 6.51. The average Bonchev–Trinajstić information content (AvgIpc) is 2.49. The summed E-state index contributed by atoms with van der Waals surface area (Å²) in [5.74, 6) is 0.264. The first kappa shape index (κ1) is 15.2. The molecule has 0 saturated carbocycles. The minimum Gasteiger partial charge on any atom is -0.495 e. The highest BCUT2D eigenvalue weighted by Crippen LogP contribution is 2.22. The van der Waals surface area contributed by atoms with Gasteiger partial charge >= 0.3 is 0 Å². The summed E-state index contributed by atoms with van der Waals surface area (Å²) in [7, 11) is -2.30. The first-order chi connectivity index (χ1) is 10.0. The Kier molecular flexibility index (Phi) is 4.71. The van der Waals surface area contributed by atoms with Crippen molar-refractivity contribution in [2.24, 2.45) is 0 Å². The fraction of sp³-hybridized carbons (Fsp3) is 0.231. The Balaban J connectivity index is 2.09. The molecule has 21 heavy (non-hydrogen) atoms. The van der Waals surface area contributed by atoms with E-state index in [-0.39, 0.29) is 29.3 Å². The van der Waals surface area contributed by atoms with Crippen molar-refractivity contribution in [2.75, 3.05) is 13.7 Å². The van der Waals surface area contributed by atoms with E-state index >= 15 is 0 Å². The van der Waals surface area contributed by atoms with E-state index in [1.165, 1.54) is 36.2 Å². The van der Waals surface area contributed by atoms with Gasteiger partial charge in [0.1, 0.15) is 10.6 Å². The van der Waals surface area contributed by atoms with Crippen LogP contribution in [0.15, 0.2) is 52.3 Å². The summed E-state index contributed by atoms with van der Waals surface area (Å²) in [4.78, 5) is 11.5. The zero-order chi connectivity index (χ0) is 15.3. The molecule has 1 N–H and O–H groups in total. The van der Waals surface area contributed by atoms with Crippen molar-refractivity contribution >= 4 is 10.0 Å². The van der Waals surface area contributed by atoms with E-state index in [1.807, 2.05) is 0 Å². The molecule has 0 bridgehead atoms. The number of sulfonamides is 1. The molecule has 0 unspecified atom stereocenters. The molecule has 0 spiro atoms. The van der Waals surface area contributed by atoms with E-state index in [2.05, 4.69) is 9.82 Å². The topological polar surface area (TPSA) is 90.3 Å². The smallest absolute Gasteiger partial charge is 0.266 e. The molecule has 2 rings (SSSR count). The van der Waals surface area contributed by atoms with Crippen LogP contribution < -0.4 is 15.0 Å². The van der Waals surface area contributed by atoms with Gasteiger partial charge in [-0.1, -0.05) is 12.1 Å². The molecule has 0 atom stereocenters. The Bertz CT molecular complexity index is 771. The lowest BCUT2D eigenvalue weighted by Crippen LogP contribution is -2.31. The predicted molar refractivity (Wildman–Crippen MR) is 76.7 cm³/mol. The number of hydrogen-bond acceptors (Lipinski definition) is 5. The number of para-hydroxylation sites is 1. The second-order valence-electron chi connectivity index (χ2n) is 4.13. The largest absolute Gasteiger partial charge is 0.495 e. The van der Waals surface area contributed by atoms with E-state index < -0.39 is 10.0 Å². The summed E-state index contributed by atoms with van der Waals surface area (Å²) in [5.41, 5.74) is -0.283. The van der Waals surface area contributed by atoms with Crippen LogP contribution in [0.5, 0.6) is 5.75 Å². The van der Waals surface area contributed by atoms with Crippen molar-refractivity contribution in [1.29, 1.82) is 0 Å². The Labute approximate surface area is 122 Å². The molecule has 1 aromatic carbocycles. The van der Waals surface area contributed by atoms with Crippen molar-refractivity contribution in [3.8, 4) is 5.75 Å². The lowest BCUT2D eigenvalue weighted by Gasteiger charge is -2.10. The van der Waals surface area contributed by atoms with Crippen LogP contribution in [0.25, 0.3) is 0 Å². The van der Waals surface area contributed by atoms with Crippen molar-refractivity contribution in [3.05, 3.63) is 52.9 Å². The molecule has 0 fully saturated rings. The highest BCUT2D eigenvalue weighted by atomic mass is 32.2. The monoisotopic (exact) mass is 309 g/mol. The summed E-state index contributed by atoms with van der Waals surface area (Å²) in [6.07, 6.45) is 1.47. The average molecular weight is 309 g/mol. The number of methoxy groups -OCH3 is 1. The fourth-order valence-corrected chi connectivity index (χ4v) is 2.95. The Morgan fingerprint density at radius 2 is 2.00 bits per heavy atom. The van der Waals surface area contributed by atoms with Gasteiger partial charge in [-0.05, 0) is 18.2 Å². The van der Waals surface area contributed by atoms with Gasteiger partial charge in [-0.3, -0.25) is 4.79 Å². The highest BCUT2D eigenvalue weighted by Gasteiger charge is 2.18. The molecule has 0 aliphatic rings. The van der Waals surface area contributed by atoms with Gasteiger partial charge in [-0.25, -0.2) is 17.8 Å². The van der Waals surface area contributed by atoms with E-state index in [4.69, 9.17) is 4.74 Å². The number of nitrogens with zero attached hydrogens (tertiary/aromatic N) is 2. The van der Waals surface area contributed by atoms with Crippen LogP contribution in [0, 0.1) is 0 Å². The lowest BCUT2D eigenvalue weighted by molar-refractivity contribution is 0.402. The van der Waals surface area contributed by atoms with Crippen LogP contribution in [0.4, 0.5) is 0 Å². The number of aromatic nitrogens is 2. The van der Waals surface area contributed by atoms with Crippen molar-refractivity contribution in [1.82, 2.24) is 14.5 Å². The summed E-state index contributed by atoms with van der Waals surface area (Å²) in [6.45, 7) is 0.200. The van der Waals surface area contributed by atoms with E-state index in [1.54, 1.807) is 18.2 Å². The van der Waals surface area contributed by atoms with Crippen LogP contribution in [0.1, 0.15) is 0 Å². The predicted octanol–water partition coefficient (Wildman–Crippen LogP) is 0.230. The van der Waals surface area contributed by atoms with Crippen LogP contribution in [0.3, 0.4) is 0 Å². The Morgan fingerprint density at radius 3 is 2.71 bits per heavy atom. The molecule has 112 valence electrons. The van der Waals surface area contributed by atoms with Crippen molar-refractivity contribution in [3.63, 3.8) is 0 Å². The molecule has 0 aliphatic carbocycles. The van der Waals surface area contributed by atoms with Gasteiger partial charge < -0.3 is 4.74 Å². The molecular weight excluding hydrogens is 294 g/mol. The van der Waals surface area contributed by atoms with E-state index in [0.717, 1.165) is 0 Å². The maximum Gasteiger partial charge on any atom is 0.266 e. The minimum absolute atomic E-state index is 0.0529. The third kappa shape index (κ3) is 3.67. The number of hydrogen-bond donors (Lipinski definition) is 1.